The summed E-state index contributed by atoms with van der Waals surface area (Å²) in [6.45, 7) is 6.10. The lowest BCUT2D eigenvalue weighted by Crippen LogP contribution is -2.16. The Bertz CT molecular complexity index is 292. The number of rotatable bonds is 2. The van der Waals surface area contributed by atoms with Gasteiger partial charge in [0.05, 0.1) is 4.75 Å². The molecule has 0 aromatic carbocycles. The molecule has 0 aliphatic carbocycles. The van der Waals surface area contributed by atoms with Crippen LogP contribution >= 0.6 is 23.4 Å². The summed E-state index contributed by atoms with van der Waals surface area (Å²) in [5.41, 5.74) is 0.914. The van der Waals surface area contributed by atoms with Gasteiger partial charge in [-0.05, 0) is 33.1 Å². The molecule has 0 N–H and O–H groups in total. The lowest BCUT2D eigenvalue weighted by molar-refractivity contribution is 0.704. The third kappa shape index (κ3) is 2.58. The van der Waals surface area contributed by atoms with Gasteiger partial charge < -0.3 is 0 Å². The number of thioether (sulfide) groups is 1. The van der Waals surface area contributed by atoms with Crippen LogP contribution in [0.25, 0.3) is 0 Å². The topological polar surface area (TPSA) is 25.8 Å². The Hall–Kier alpha value is -0.280. The number of aromatic nitrogens is 2. The predicted octanol–water partition coefficient (Wildman–Crippen LogP) is 3.04. The number of hydrogen-bond donors (Lipinski definition) is 0. The lowest BCUT2D eigenvalue weighted by Gasteiger charge is -2.20. The third-order valence-corrected chi connectivity index (χ3v) is 3.27. The highest BCUT2D eigenvalue weighted by molar-refractivity contribution is 7.99. The number of aryl methyl sites for hydroxylation is 1. The van der Waals surface area contributed by atoms with Gasteiger partial charge in [0, 0.05) is 5.69 Å². The minimum atomic E-state index is -0.0737. The standard InChI is InChI=1S/C9H13ClN2S/c1-6-5-7(10)12-8(11-6)9(2,3)13-4/h5H,1-4H3. The van der Waals surface area contributed by atoms with Crippen molar-refractivity contribution >= 4 is 23.4 Å². The van der Waals surface area contributed by atoms with Gasteiger partial charge in [-0.1, -0.05) is 11.6 Å². The molecule has 0 radical (unpaired) electrons. The van der Waals surface area contributed by atoms with Gasteiger partial charge in [0.25, 0.3) is 0 Å². The van der Waals surface area contributed by atoms with E-state index in [-0.39, 0.29) is 4.75 Å². The van der Waals surface area contributed by atoms with Gasteiger partial charge in [-0.3, -0.25) is 0 Å². The van der Waals surface area contributed by atoms with E-state index in [2.05, 4.69) is 23.8 Å². The van der Waals surface area contributed by atoms with Gasteiger partial charge in [0.2, 0.25) is 0 Å². The van der Waals surface area contributed by atoms with Crippen LogP contribution in [-0.2, 0) is 4.75 Å². The second-order valence-corrected chi connectivity index (χ2v) is 5.19. The molecule has 0 saturated heterocycles. The molecule has 0 bridgehead atoms. The van der Waals surface area contributed by atoms with Crippen LogP contribution in [0, 0.1) is 6.92 Å². The first kappa shape index (κ1) is 10.8. The fourth-order valence-corrected chi connectivity index (χ4v) is 1.40. The van der Waals surface area contributed by atoms with Crippen LogP contribution in [0.3, 0.4) is 0 Å². The number of halogens is 1. The van der Waals surface area contributed by atoms with E-state index >= 15 is 0 Å². The molecule has 0 aliphatic rings. The third-order valence-electron chi connectivity index (χ3n) is 1.87. The highest BCUT2D eigenvalue weighted by Gasteiger charge is 2.22. The van der Waals surface area contributed by atoms with Crippen molar-refractivity contribution in [3.63, 3.8) is 0 Å². The van der Waals surface area contributed by atoms with Crippen molar-refractivity contribution in [3.05, 3.63) is 22.7 Å². The average molecular weight is 217 g/mol. The Morgan fingerprint density at radius 3 is 2.46 bits per heavy atom. The zero-order chi connectivity index (χ0) is 10.1. The Morgan fingerprint density at radius 1 is 1.38 bits per heavy atom. The quantitative estimate of drug-likeness (QED) is 0.711. The molecule has 2 nitrogen and oxygen atoms in total. The molecule has 0 aliphatic heterocycles. The fourth-order valence-electron chi connectivity index (χ4n) is 0.891. The molecule has 72 valence electrons. The van der Waals surface area contributed by atoms with Crippen molar-refractivity contribution in [3.8, 4) is 0 Å². The molecule has 13 heavy (non-hydrogen) atoms. The maximum absolute atomic E-state index is 5.85. The van der Waals surface area contributed by atoms with Crippen LogP contribution in [-0.4, -0.2) is 16.2 Å². The summed E-state index contributed by atoms with van der Waals surface area (Å²) < 4.78 is -0.0737. The Labute approximate surface area is 88.1 Å². The van der Waals surface area contributed by atoms with Crippen LogP contribution in [0.15, 0.2) is 6.07 Å². The van der Waals surface area contributed by atoms with Crippen molar-refractivity contribution in [2.24, 2.45) is 0 Å². The van der Waals surface area contributed by atoms with E-state index in [0.717, 1.165) is 11.5 Å². The zero-order valence-corrected chi connectivity index (χ0v) is 9.83. The van der Waals surface area contributed by atoms with E-state index in [1.165, 1.54) is 0 Å². The van der Waals surface area contributed by atoms with Crippen LogP contribution in [0.5, 0.6) is 0 Å². The first-order chi connectivity index (χ1) is 5.95. The molecule has 0 atom stereocenters. The summed E-state index contributed by atoms with van der Waals surface area (Å²) >= 11 is 7.57. The molecule has 4 heteroatoms. The van der Waals surface area contributed by atoms with Gasteiger partial charge in [-0.25, -0.2) is 9.97 Å². The zero-order valence-electron chi connectivity index (χ0n) is 8.26. The molecule has 1 rings (SSSR count). The summed E-state index contributed by atoms with van der Waals surface area (Å²) in [5, 5.41) is 0.518. The second kappa shape index (κ2) is 3.84. The minimum absolute atomic E-state index is 0.0737. The predicted molar refractivity (Wildman–Crippen MR) is 58.3 cm³/mol. The summed E-state index contributed by atoms with van der Waals surface area (Å²) in [7, 11) is 0. The summed E-state index contributed by atoms with van der Waals surface area (Å²) in [5.74, 6) is 0.796. The molecule has 0 fully saturated rings. The molecular formula is C9H13ClN2S. The Morgan fingerprint density at radius 2 is 2.00 bits per heavy atom. The average Bonchev–Trinajstić information content (AvgIpc) is 2.02. The maximum atomic E-state index is 5.85. The van der Waals surface area contributed by atoms with Gasteiger partial charge in [-0.2, -0.15) is 11.8 Å². The highest BCUT2D eigenvalue weighted by Crippen LogP contribution is 2.31. The van der Waals surface area contributed by atoms with E-state index in [1.54, 1.807) is 17.8 Å². The molecule has 0 saturated carbocycles. The van der Waals surface area contributed by atoms with Crippen LogP contribution in [0.2, 0.25) is 5.15 Å². The van der Waals surface area contributed by atoms with Gasteiger partial charge in [0.1, 0.15) is 11.0 Å². The molecule has 1 heterocycles. The Balaban J connectivity index is 3.15. The van der Waals surface area contributed by atoms with Gasteiger partial charge in [0.15, 0.2) is 0 Å². The van der Waals surface area contributed by atoms with Crippen molar-refractivity contribution in [1.29, 1.82) is 0 Å². The van der Waals surface area contributed by atoms with E-state index in [4.69, 9.17) is 11.6 Å². The smallest absolute Gasteiger partial charge is 0.145 e. The molecule has 0 spiro atoms. The molecule has 0 unspecified atom stereocenters. The van der Waals surface area contributed by atoms with Crippen LogP contribution in [0.4, 0.5) is 0 Å². The van der Waals surface area contributed by atoms with Gasteiger partial charge >= 0.3 is 0 Å². The van der Waals surface area contributed by atoms with Gasteiger partial charge in [-0.15, -0.1) is 0 Å². The molecule has 1 aromatic rings. The summed E-state index contributed by atoms with van der Waals surface area (Å²) in [6.07, 6.45) is 2.04. The summed E-state index contributed by atoms with van der Waals surface area (Å²) in [6, 6.07) is 1.77. The van der Waals surface area contributed by atoms with E-state index < -0.39 is 0 Å². The monoisotopic (exact) mass is 216 g/mol. The molecular weight excluding hydrogens is 204 g/mol. The molecule has 1 aromatic heterocycles. The largest absolute Gasteiger partial charge is 0.237 e. The second-order valence-electron chi connectivity index (χ2n) is 3.37. The number of hydrogen-bond acceptors (Lipinski definition) is 3. The normalized spacial score (nSPS) is 11.8. The minimum Gasteiger partial charge on any atom is -0.237 e. The van der Waals surface area contributed by atoms with Crippen molar-refractivity contribution in [2.45, 2.75) is 25.5 Å². The van der Waals surface area contributed by atoms with E-state index in [0.29, 0.717) is 5.15 Å². The molecule has 0 amide bonds. The van der Waals surface area contributed by atoms with Crippen LogP contribution in [0.1, 0.15) is 25.4 Å². The van der Waals surface area contributed by atoms with E-state index in [9.17, 15) is 0 Å². The van der Waals surface area contributed by atoms with Crippen molar-refractivity contribution in [2.75, 3.05) is 6.26 Å². The van der Waals surface area contributed by atoms with E-state index in [1.807, 2.05) is 13.2 Å². The first-order valence-corrected chi connectivity index (χ1v) is 5.63. The SMILES string of the molecule is CSC(C)(C)c1nc(C)cc(Cl)n1. The van der Waals surface area contributed by atoms with Crippen molar-refractivity contribution < 1.29 is 0 Å². The van der Waals surface area contributed by atoms with Crippen molar-refractivity contribution in [1.82, 2.24) is 9.97 Å². The highest BCUT2D eigenvalue weighted by atomic mass is 35.5. The Kier molecular flexibility index (Phi) is 3.19. The number of nitrogens with zero attached hydrogens (tertiary/aromatic N) is 2. The van der Waals surface area contributed by atoms with Crippen LogP contribution < -0.4 is 0 Å². The first-order valence-electron chi connectivity index (χ1n) is 4.02. The maximum Gasteiger partial charge on any atom is 0.145 e. The summed E-state index contributed by atoms with van der Waals surface area (Å²) in [4.78, 5) is 8.57. The fraction of sp³-hybridized carbons (Fsp3) is 0.556. The lowest BCUT2D eigenvalue weighted by atomic mass is 10.2.